The summed E-state index contributed by atoms with van der Waals surface area (Å²) in [6, 6.07) is -0.104. The Bertz CT molecular complexity index is 354. The van der Waals surface area contributed by atoms with E-state index < -0.39 is 5.54 Å². The molecule has 2 unspecified atom stereocenters. The Morgan fingerprint density at radius 2 is 2.13 bits per heavy atom. The van der Waals surface area contributed by atoms with E-state index in [1.807, 2.05) is 0 Å². The predicted octanol–water partition coefficient (Wildman–Crippen LogP) is -0.491. The zero-order valence-corrected chi connectivity index (χ0v) is 8.56. The van der Waals surface area contributed by atoms with Crippen molar-refractivity contribution in [2.75, 3.05) is 5.73 Å². The summed E-state index contributed by atoms with van der Waals surface area (Å²) >= 11 is 0. The van der Waals surface area contributed by atoms with Gasteiger partial charge in [0.1, 0.15) is 6.33 Å². The molecule has 1 saturated carbocycles. The van der Waals surface area contributed by atoms with Crippen LogP contribution < -0.4 is 17.2 Å². The molecule has 0 spiro atoms. The summed E-state index contributed by atoms with van der Waals surface area (Å²) in [5.74, 6) is 0.713. The van der Waals surface area contributed by atoms with Crippen LogP contribution in [0.15, 0.2) is 6.33 Å². The largest absolute Gasteiger partial charge is 0.368 e. The third-order valence-electron chi connectivity index (χ3n) is 3.02. The number of hydrogen-bond donors (Lipinski definition) is 3. The van der Waals surface area contributed by atoms with Crippen molar-refractivity contribution in [3.63, 3.8) is 0 Å². The fourth-order valence-corrected chi connectivity index (χ4v) is 2.04. The van der Waals surface area contributed by atoms with Crippen molar-refractivity contribution in [1.82, 2.24) is 15.0 Å². The predicted molar refractivity (Wildman–Crippen MR) is 56.5 cm³/mol. The van der Waals surface area contributed by atoms with Crippen LogP contribution >= 0.6 is 0 Å². The molecule has 1 aliphatic carbocycles. The molecule has 6 heteroatoms. The molecule has 0 radical (unpaired) electrons. The van der Waals surface area contributed by atoms with Crippen LogP contribution in [0, 0.1) is 0 Å². The maximum atomic E-state index is 6.26. The topological polar surface area (TPSA) is 117 Å². The van der Waals surface area contributed by atoms with Crippen molar-refractivity contribution in [3.8, 4) is 0 Å². The quantitative estimate of drug-likeness (QED) is 0.573. The number of aromatic nitrogens is 3. The molecule has 2 atom stereocenters. The number of rotatable bonds is 1. The normalized spacial score (nSPS) is 31.5. The minimum atomic E-state index is -0.644. The van der Waals surface area contributed by atoms with Gasteiger partial charge in [-0.15, -0.1) is 0 Å². The van der Waals surface area contributed by atoms with Crippen LogP contribution in [0.1, 0.15) is 31.5 Å². The van der Waals surface area contributed by atoms with Gasteiger partial charge in [-0.25, -0.2) is 9.97 Å². The maximum absolute atomic E-state index is 6.26. The molecule has 0 bridgehead atoms. The third kappa shape index (κ3) is 1.78. The van der Waals surface area contributed by atoms with Gasteiger partial charge < -0.3 is 17.2 Å². The summed E-state index contributed by atoms with van der Waals surface area (Å²) in [4.78, 5) is 11.9. The molecule has 1 aromatic rings. The van der Waals surface area contributed by atoms with Crippen molar-refractivity contribution in [3.05, 3.63) is 12.2 Å². The molecule has 1 heterocycles. The summed E-state index contributed by atoms with van der Waals surface area (Å²) in [6.07, 6.45) is 5.25. The highest BCUT2D eigenvalue weighted by Crippen LogP contribution is 2.31. The van der Waals surface area contributed by atoms with Crippen LogP contribution in [0.3, 0.4) is 0 Å². The van der Waals surface area contributed by atoms with Crippen LogP contribution in [0.4, 0.5) is 5.95 Å². The first-order valence-corrected chi connectivity index (χ1v) is 5.12. The lowest BCUT2D eigenvalue weighted by molar-refractivity contribution is 0.243. The number of hydrogen-bond acceptors (Lipinski definition) is 6. The molecule has 6 N–H and O–H groups in total. The summed E-state index contributed by atoms with van der Waals surface area (Å²) in [5.41, 5.74) is 17.2. The second-order valence-electron chi connectivity index (χ2n) is 4.06. The van der Waals surface area contributed by atoms with Crippen molar-refractivity contribution >= 4 is 5.95 Å². The van der Waals surface area contributed by atoms with Gasteiger partial charge in [0.05, 0.1) is 5.54 Å². The number of nitrogen functional groups attached to an aromatic ring is 1. The van der Waals surface area contributed by atoms with Crippen LogP contribution in [0.5, 0.6) is 0 Å². The van der Waals surface area contributed by atoms with E-state index >= 15 is 0 Å². The zero-order valence-electron chi connectivity index (χ0n) is 8.56. The summed E-state index contributed by atoms with van der Waals surface area (Å²) < 4.78 is 0. The fraction of sp³-hybridized carbons (Fsp3) is 0.667. The number of nitrogens with two attached hydrogens (primary N) is 3. The molecule has 15 heavy (non-hydrogen) atoms. The molecule has 0 amide bonds. The Labute approximate surface area is 88.3 Å². The summed E-state index contributed by atoms with van der Waals surface area (Å²) in [5, 5.41) is 0. The van der Waals surface area contributed by atoms with Gasteiger partial charge >= 0.3 is 0 Å². The highest BCUT2D eigenvalue weighted by Gasteiger charge is 2.39. The van der Waals surface area contributed by atoms with Crippen molar-refractivity contribution < 1.29 is 0 Å². The highest BCUT2D eigenvalue weighted by molar-refractivity contribution is 5.19. The van der Waals surface area contributed by atoms with Crippen LogP contribution in [-0.2, 0) is 5.54 Å². The monoisotopic (exact) mass is 208 g/mol. The Morgan fingerprint density at radius 3 is 2.80 bits per heavy atom. The second kappa shape index (κ2) is 3.71. The van der Waals surface area contributed by atoms with Gasteiger partial charge in [0.15, 0.2) is 5.82 Å². The molecule has 6 nitrogen and oxygen atoms in total. The van der Waals surface area contributed by atoms with Crippen LogP contribution in [0.2, 0.25) is 0 Å². The first kappa shape index (κ1) is 10.3. The molecule has 0 aromatic carbocycles. The molecular weight excluding hydrogens is 192 g/mol. The molecule has 0 saturated heterocycles. The number of nitrogens with zero attached hydrogens (tertiary/aromatic N) is 3. The van der Waals surface area contributed by atoms with Crippen molar-refractivity contribution in [1.29, 1.82) is 0 Å². The smallest absolute Gasteiger partial charge is 0.223 e. The minimum absolute atomic E-state index is 0.104. The Hall–Kier alpha value is -1.27. The van der Waals surface area contributed by atoms with Crippen LogP contribution in [0.25, 0.3) is 0 Å². The van der Waals surface area contributed by atoms with E-state index in [1.165, 1.54) is 6.33 Å². The van der Waals surface area contributed by atoms with E-state index in [-0.39, 0.29) is 12.0 Å². The zero-order chi connectivity index (χ0) is 10.9. The highest BCUT2D eigenvalue weighted by atomic mass is 15.1. The Morgan fingerprint density at radius 1 is 1.33 bits per heavy atom. The molecule has 82 valence electrons. The molecule has 1 fully saturated rings. The van der Waals surface area contributed by atoms with E-state index in [4.69, 9.17) is 17.2 Å². The maximum Gasteiger partial charge on any atom is 0.223 e. The van der Waals surface area contributed by atoms with Gasteiger partial charge in [0, 0.05) is 6.04 Å². The lowest BCUT2D eigenvalue weighted by atomic mass is 9.78. The molecular formula is C9H16N6. The average molecular weight is 208 g/mol. The summed E-state index contributed by atoms with van der Waals surface area (Å²) in [6.45, 7) is 0. The second-order valence-corrected chi connectivity index (χ2v) is 4.06. The molecule has 1 aliphatic rings. The Balaban J connectivity index is 2.34. The lowest BCUT2D eigenvalue weighted by Crippen LogP contribution is -2.55. The van der Waals surface area contributed by atoms with E-state index in [9.17, 15) is 0 Å². The van der Waals surface area contributed by atoms with Crippen molar-refractivity contribution in [2.45, 2.75) is 37.3 Å². The van der Waals surface area contributed by atoms with Gasteiger partial charge in [0.2, 0.25) is 5.95 Å². The van der Waals surface area contributed by atoms with Crippen molar-refractivity contribution in [2.24, 2.45) is 11.5 Å². The van der Waals surface area contributed by atoms with Gasteiger partial charge in [-0.2, -0.15) is 4.98 Å². The molecule has 1 aromatic heterocycles. The van der Waals surface area contributed by atoms with Crippen LogP contribution in [-0.4, -0.2) is 21.0 Å². The first-order valence-electron chi connectivity index (χ1n) is 5.12. The minimum Gasteiger partial charge on any atom is -0.368 e. The molecule has 2 rings (SSSR count). The third-order valence-corrected chi connectivity index (χ3v) is 3.02. The van der Waals surface area contributed by atoms with E-state index in [0.717, 1.165) is 25.7 Å². The fourth-order valence-electron chi connectivity index (χ4n) is 2.04. The van der Waals surface area contributed by atoms with Gasteiger partial charge in [-0.1, -0.05) is 12.8 Å². The Kier molecular flexibility index (Phi) is 2.54. The standard InChI is InChI=1S/C9H16N6/c10-6-3-1-2-4-9(6,12)7-13-5-14-8(11)15-7/h5-6H,1-4,10,12H2,(H2,11,13,14,15). The first-order chi connectivity index (χ1) is 7.13. The number of anilines is 1. The molecule has 0 aliphatic heterocycles. The summed E-state index contributed by atoms with van der Waals surface area (Å²) in [7, 11) is 0. The van der Waals surface area contributed by atoms with E-state index in [1.54, 1.807) is 0 Å². The van der Waals surface area contributed by atoms with E-state index in [2.05, 4.69) is 15.0 Å². The van der Waals surface area contributed by atoms with Gasteiger partial charge in [-0.3, -0.25) is 0 Å². The SMILES string of the molecule is Nc1ncnc(C2(N)CCCCC2N)n1. The van der Waals surface area contributed by atoms with E-state index in [0.29, 0.717) is 5.82 Å². The average Bonchev–Trinajstić information content (AvgIpc) is 2.23. The van der Waals surface area contributed by atoms with Gasteiger partial charge in [-0.05, 0) is 12.8 Å². The van der Waals surface area contributed by atoms with Gasteiger partial charge in [0.25, 0.3) is 0 Å². The lowest BCUT2D eigenvalue weighted by Gasteiger charge is -2.37.